The van der Waals surface area contributed by atoms with Gasteiger partial charge >= 0.3 is 6.18 Å². The van der Waals surface area contributed by atoms with Gasteiger partial charge in [0.05, 0.1) is 11.1 Å². The molecule has 3 rings (SSSR count). The third-order valence-electron chi connectivity index (χ3n) is 2.64. The van der Waals surface area contributed by atoms with Gasteiger partial charge in [-0.2, -0.15) is 13.2 Å². The van der Waals surface area contributed by atoms with Crippen LogP contribution < -0.4 is 5.73 Å². The van der Waals surface area contributed by atoms with Gasteiger partial charge in [0.1, 0.15) is 0 Å². The molecule has 98 valence electrons. The van der Waals surface area contributed by atoms with E-state index in [1.54, 1.807) is 11.6 Å². The van der Waals surface area contributed by atoms with Crippen LogP contribution in [0.25, 0.3) is 16.0 Å². The summed E-state index contributed by atoms with van der Waals surface area (Å²) < 4.78 is 39.4. The molecule has 4 nitrogen and oxygen atoms in total. The van der Waals surface area contributed by atoms with Crippen molar-refractivity contribution in [3.05, 3.63) is 35.3 Å². The van der Waals surface area contributed by atoms with Gasteiger partial charge in [-0.15, -0.1) is 16.4 Å². The summed E-state index contributed by atoms with van der Waals surface area (Å²) in [5.41, 5.74) is 5.43. The molecule has 0 unspecified atom stereocenters. The second-order valence-electron chi connectivity index (χ2n) is 3.84. The van der Waals surface area contributed by atoms with E-state index in [1.807, 2.05) is 0 Å². The van der Waals surface area contributed by atoms with E-state index in [1.165, 1.54) is 22.1 Å². The van der Waals surface area contributed by atoms with Gasteiger partial charge in [0.25, 0.3) is 0 Å². The van der Waals surface area contributed by atoms with Crippen LogP contribution in [-0.2, 0) is 6.18 Å². The molecule has 8 heteroatoms. The Balaban J connectivity index is 2.24. The molecule has 0 amide bonds. The topological polar surface area (TPSA) is 56.7 Å². The maximum absolute atomic E-state index is 12.6. The number of hydrogen-bond acceptors (Lipinski definition) is 4. The van der Waals surface area contributed by atoms with Crippen LogP contribution in [0.1, 0.15) is 5.56 Å². The van der Waals surface area contributed by atoms with Gasteiger partial charge in [-0.05, 0) is 18.2 Å². The molecule has 3 aromatic rings. The molecule has 0 radical (unpaired) electrons. The summed E-state index contributed by atoms with van der Waals surface area (Å²) in [5, 5.41) is 6.61. The number of rotatable bonds is 1. The van der Waals surface area contributed by atoms with Crippen molar-refractivity contribution in [1.82, 2.24) is 14.8 Å². The van der Waals surface area contributed by atoms with Crippen LogP contribution in [0.5, 0.6) is 0 Å². The molecule has 0 fully saturated rings. The van der Waals surface area contributed by atoms with Crippen molar-refractivity contribution in [3.63, 3.8) is 0 Å². The molecule has 2 N–H and O–H groups in total. The first-order valence-corrected chi connectivity index (χ1v) is 6.10. The van der Waals surface area contributed by atoms with Gasteiger partial charge in [-0.3, -0.25) is 0 Å². The highest BCUT2D eigenvalue weighted by atomic mass is 32.1. The summed E-state index contributed by atoms with van der Waals surface area (Å²) in [6.45, 7) is 0. The molecule has 0 aliphatic carbocycles. The fourth-order valence-electron chi connectivity index (χ4n) is 1.78. The van der Waals surface area contributed by atoms with Crippen molar-refractivity contribution >= 4 is 28.1 Å². The predicted octanol–water partition coefficient (Wildman–Crippen LogP) is 3.08. The number of nitrogen functional groups attached to an aromatic ring is 1. The average molecular weight is 284 g/mol. The number of thiazole rings is 1. The Morgan fingerprint density at radius 2 is 2.05 bits per heavy atom. The number of fused-ring (bicyclic) bond motifs is 1. The Bertz CT molecular complexity index is 730. The lowest BCUT2D eigenvalue weighted by atomic mass is 10.1. The first kappa shape index (κ1) is 12.0. The minimum absolute atomic E-state index is 0.0521. The highest BCUT2D eigenvalue weighted by Gasteiger charge is 2.31. The van der Waals surface area contributed by atoms with E-state index in [4.69, 9.17) is 5.73 Å². The van der Waals surface area contributed by atoms with Crippen molar-refractivity contribution in [2.45, 2.75) is 6.18 Å². The van der Waals surface area contributed by atoms with E-state index < -0.39 is 11.7 Å². The lowest BCUT2D eigenvalue weighted by Gasteiger charge is -2.06. The van der Waals surface area contributed by atoms with Crippen LogP contribution in [0.4, 0.5) is 19.0 Å². The van der Waals surface area contributed by atoms with Gasteiger partial charge in [0.2, 0.25) is 5.13 Å². The maximum Gasteiger partial charge on any atom is 0.416 e. The summed E-state index contributed by atoms with van der Waals surface area (Å²) in [6, 6.07) is 3.36. The summed E-state index contributed by atoms with van der Waals surface area (Å²) in [7, 11) is 0. The minimum Gasteiger partial charge on any atom is -0.382 e. The smallest absolute Gasteiger partial charge is 0.382 e. The third kappa shape index (κ3) is 1.93. The monoisotopic (exact) mass is 284 g/mol. The standard InChI is InChI=1S/C11H7F3N4S/c12-11(13,14)6-1-2-8-7(5-6)9(15)17-18(8)10-16-3-4-19-10/h1-5H,(H2,15,17). The van der Waals surface area contributed by atoms with Gasteiger partial charge in [0, 0.05) is 17.0 Å². The SMILES string of the molecule is Nc1nn(-c2nccs2)c2ccc(C(F)(F)F)cc12. The summed E-state index contributed by atoms with van der Waals surface area (Å²) in [5.74, 6) is 0.0521. The van der Waals surface area contributed by atoms with Crippen LogP contribution in [-0.4, -0.2) is 14.8 Å². The lowest BCUT2D eigenvalue weighted by Crippen LogP contribution is -2.04. The number of nitrogens with zero attached hydrogens (tertiary/aromatic N) is 3. The fourth-order valence-corrected chi connectivity index (χ4v) is 2.39. The number of hydrogen-bond donors (Lipinski definition) is 1. The third-order valence-corrected chi connectivity index (χ3v) is 3.38. The number of halogens is 3. The summed E-state index contributed by atoms with van der Waals surface area (Å²) in [4.78, 5) is 4.06. The van der Waals surface area contributed by atoms with E-state index in [2.05, 4.69) is 10.1 Å². The van der Waals surface area contributed by atoms with Crippen molar-refractivity contribution in [2.24, 2.45) is 0 Å². The second kappa shape index (κ2) is 3.95. The Hall–Kier alpha value is -2.09. The molecule has 19 heavy (non-hydrogen) atoms. The first-order chi connectivity index (χ1) is 8.97. The molecule has 0 saturated carbocycles. The number of aromatic nitrogens is 3. The van der Waals surface area contributed by atoms with E-state index >= 15 is 0 Å². The van der Waals surface area contributed by atoms with E-state index in [0.29, 0.717) is 10.6 Å². The Kier molecular flexibility index (Phi) is 2.49. The lowest BCUT2D eigenvalue weighted by molar-refractivity contribution is -0.137. The number of alkyl halides is 3. The average Bonchev–Trinajstić information content (AvgIpc) is 2.96. The van der Waals surface area contributed by atoms with E-state index in [-0.39, 0.29) is 11.2 Å². The zero-order chi connectivity index (χ0) is 13.6. The summed E-state index contributed by atoms with van der Waals surface area (Å²) >= 11 is 1.33. The van der Waals surface area contributed by atoms with Gasteiger partial charge in [-0.25, -0.2) is 9.67 Å². The van der Waals surface area contributed by atoms with Gasteiger partial charge in [0.15, 0.2) is 5.82 Å². The maximum atomic E-state index is 12.6. The molecule has 2 aromatic heterocycles. The van der Waals surface area contributed by atoms with Crippen molar-refractivity contribution < 1.29 is 13.2 Å². The number of nitrogens with two attached hydrogens (primary N) is 1. The molecular formula is C11H7F3N4S. The first-order valence-electron chi connectivity index (χ1n) is 5.22. The van der Waals surface area contributed by atoms with Crippen LogP contribution in [0, 0.1) is 0 Å². The minimum atomic E-state index is -4.40. The molecule has 0 bridgehead atoms. The highest BCUT2D eigenvalue weighted by Crippen LogP contribution is 2.33. The zero-order valence-corrected chi connectivity index (χ0v) is 10.2. The highest BCUT2D eigenvalue weighted by molar-refractivity contribution is 7.12. The van der Waals surface area contributed by atoms with Gasteiger partial charge < -0.3 is 5.73 Å². The molecule has 0 saturated heterocycles. The van der Waals surface area contributed by atoms with Crippen molar-refractivity contribution in [1.29, 1.82) is 0 Å². The Morgan fingerprint density at radius 1 is 1.26 bits per heavy atom. The van der Waals surface area contributed by atoms with Crippen molar-refractivity contribution in [2.75, 3.05) is 5.73 Å². The molecule has 0 atom stereocenters. The van der Waals surface area contributed by atoms with Crippen molar-refractivity contribution in [3.8, 4) is 5.13 Å². The Labute approximate surface area is 109 Å². The van der Waals surface area contributed by atoms with Gasteiger partial charge in [-0.1, -0.05) is 0 Å². The van der Waals surface area contributed by atoms with Crippen LogP contribution in [0.2, 0.25) is 0 Å². The Morgan fingerprint density at radius 3 is 2.68 bits per heavy atom. The van der Waals surface area contributed by atoms with Crippen LogP contribution in [0.15, 0.2) is 29.8 Å². The molecule has 0 spiro atoms. The molecule has 0 aliphatic heterocycles. The molecule has 2 heterocycles. The number of benzene rings is 1. The largest absolute Gasteiger partial charge is 0.416 e. The zero-order valence-electron chi connectivity index (χ0n) is 9.35. The number of anilines is 1. The van der Waals surface area contributed by atoms with E-state index in [9.17, 15) is 13.2 Å². The van der Waals surface area contributed by atoms with Crippen LogP contribution in [0.3, 0.4) is 0 Å². The van der Waals surface area contributed by atoms with E-state index in [0.717, 1.165) is 12.1 Å². The normalized spacial score (nSPS) is 12.2. The second-order valence-corrected chi connectivity index (χ2v) is 4.71. The van der Waals surface area contributed by atoms with Crippen LogP contribution >= 0.6 is 11.3 Å². The molecule has 0 aliphatic rings. The quantitative estimate of drug-likeness (QED) is 0.747. The summed E-state index contributed by atoms with van der Waals surface area (Å²) in [6.07, 6.45) is -2.81. The molecular weight excluding hydrogens is 277 g/mol. The predicted molar refractivity (Wildman–Crippen MR) is 66.2 cm³/mol. The molecule has 1 aromatic carbocycles. The fraction of sp³-hybridized carbons (Fsp3) is 0.0909.